The van der Waals surface area contributed by atoms with Crippen LogP contribution < -0.4 is 4.74 Å². The van der Waals surface area contributed by atoms with Crippen molar-refractivity contribution in [3.05, 3.63) is 16.3 Å². The molecule has 0 radical (unpaired) electrons. The van der Waals surface area contributed by atoms with E-state index >= 15 is 0 Å². The lowest BCUT2D eigenvalue weighted by molar-refractivity contribution is -0.125. The van der Waals surface area contributed by atoms with Gasteiger partial charge in [-0.1, -0.05) is 6.92 Å². The number of likely N-dealkylation sites (tertiary alicyclic amines) is 1. The Bertz CT molecular complexity index is 455. The van der Waals surface area contributed by atoms with Gasteiger partial charge < -0.3 is 9.64 Å². The summed E-state index contributed by atoms with van der Waals surface area (Å²) in [5, 5.41) is 1.85. The van der Waals surface area contributed by atoms with Gasteiger partial charge in [-0.25, -0.2) is 0 Å². The molecule has 0 bridgehead atoms. The number of amides is 1. The fourth-order valence-electron chi connectivity index (χ4n) is 2.21. The van der Waals surface area contributed by atoms with E-state index in [9.17, 15) is 9.59 Å². The SMILES string of the molecule is CCC1CN(C(=O)c2sccc2OC)CCC1=O. The third-order valence-corrected chi connectivity index (χ3v) is 4.23. The number of ether oxygens (including phenoxy) is 1. The largest absolute Gasteiger partial charge is 0.495 e. The van der Waals surface area contributed by atoms with Crippen molar-refractivity contribution >= 4 is 23.0 Å². The molecule has 0 spiro atoms. The second kappa shape index (κ2) is 5.52. The monoisotopic (exact) mass is 267 g/mol. The zero-order valence-corrected chi connectivity index (χ0v) is 11.5. The Morgan fingerprint density at radius 1 is 1.61 bits per heavy atom. The summed E-state index contributed by atoms with van der Waals surface area (Å²) in [6.45, 7) is 3.05. The Labute approximate surface area is 111 Å². The molecule has 2 heterocycles. The Morgan fingerprint density at radius 2 is 2.39 bits per heavy atom. The van der Waals surface area contributed by atoms with E-state index in [0.29, 0.717) is 30.1 Å². The molecule has 1 aliphatic rings. The van der Waals surface area contributed by atoms with Gasteiger partial charge in [0, 0.05) is 25.4 Å². The number of methoxy groups -OCH3 is 1. The number of piperidine rings is 1. The van der Waals surface area contributed by atoms with E-state index in [0.717, 1.165) is 6.42 Å². The number of nitrogens with zero attached hydrogens (tertiary/aromatic N) is 1. The van der Waals surface area contributed by atoms with Crippen molar-refractivity contribution in [3.8, 4) is 5.75 Å². The van der Waals surface area contributed by atoms with Crippen molar-refractivity contribution in [3.63, 3.8) is 0 Å². The van der Waals surface area contributed by atoms with Gasteiger partial charge in [-0.2, -0.15) is 0 Å². The lowest BCUT2D eigenvalue weighted by Gasteiger charge is -2.31. The van der Waals surface area contributed by atoms with Crippen molar-refractivity contribution in [2.75, 3.05) is 20.2 Å². The molecular formula is C13H17NO3S. The van der Waals surface area contributed by atoms with Crippen LogP contribution in [0.2, 0.25) is 0 Å². The topological polar surface area (TPSA) is 46.6 Å². The van der Waals surface area contributed by atoms with Crippen molar-refractivity contribution in [1.82, 2.24) is 4.90 Å². The van der Waals surface area contributed by atoms with E-state index in [4.69, 9.17) is 4.74 Å². The highest BCUT2D eigenvalue weighted by Crippen LogP contribution is 2.27. The summed E-state index contributed by atoms with van der Waals surface area (Å²) in [6, 6.07) is 1.80. The highest BCUT2D eigenvalue weighted by Gasteiger charge is 2.30. The molecule has 1 aliphatic heterocycles. The number of ketones is 1. The van der Waals surface area contributed by atoms with E-state index < -0.39 is 0 Å². The van der Waals surface area contributed by atoms with Gasteiger partial charge in [0.25, 0.3) is 5.91 Å². The van der Waals surface area contributed by atoms with Gasteiger partial charge in [-0.3, -0.25) is 9.59 Å². The highest BCUT2D eigenvalue weighted by atomic mass is 32.1. The Balaban J connectivity index is 2.12. The van der Waals surface area contributed by atoms with Crippen LogP contribution in [0.5, 0.6) is 5.75 Å². The fourth-order valence-corrected chi connectivity index (χ4v) is 3.03. The molecule has 1 unspecified atom stereocenters. The predicted molar refractivity (Wildman–Crippen MR) is 70.2 cm³/mol. The van der Waals surface area contributed by atoms with Crippen LogP contribution >= 0.6 is 11.3 Å². The quantitative estimate of drug-likeness (QED) is 0.843. The van der Waals surface area contributed by atoms with Crippen LogP contribution in [0.3, 0.4) is 0 Å². The van der Waals surface area contributed by atoms with Gasteiger partial charge in [0.1, 0.15) is 16.4 Å². The zero-order chi connectivity index (χ0) is 13.1. The maximum absolute atomic E-state index is 12.4. The normalized spacial score (nSPS) is 20.0. The molecule has 0 N–H and O–H groups in total. The molecule has 2 rings (SSSR count). The van der Waals surface area contributed by atoms with Crippen molar-refractivity contribution < 1.29 is 14.3 Å². The molecular weight excluding hydrogens is 250 g/mol. The summed E-state index contributed by atoms with van der Waals surface area (Å²) in [6.07, 6.45) is 1.27. The number of thiophene rings is 1. The molecule has 0 aliphatic carbocycles. The summed E-state index contributed by atoms with van der Waals surface area (Å²) < 4.78 is 5.17. The molecule has 1 aromatic heterocycles. The van der Waals surface area contributed by atoms with Gasteiger partial charge >= 0.3 is 0 Å². The minimum absolute atomic E-state index is 0.00587. The third kappa shape index (κ3) is 2.41. The molecule has 1 fully saturated rings. The molecule has 1 saturated heterocycles. The lowest BCUT2D eigenvalue weighted by Crippen LogP contribution is -2.43. The van der Waals surface area contributed by atoms with E-state index in [1.807, 2.05) is 12.3 Å². The van der Waals surface area contributed by atoms with Gasteiger partial charge in [-0.05, 0) is 17.9 Å². The molecule has 98 valence electrons. The minimum Gasteiger partial charge on any atom is -0.495 e. The van der Waals surface area contributed by atoms with Crippen molar-refractivity contribution in [2.24, 2.45) is 5.92 Å². The first-order chi connectivity index (χ1) is 8.67. The second-order valence-corrected chi connectivity index (χ2v) is 5.31. The highest BCUT2D eigenvalue weighted by molar-refractivity contribution is 7.12. The maximum atomic E-state index is 12.4. The molecule has 5 heteroatoms. The molecule has 18 heavy (non-hydrogen) atoms. The molecule has 4 nitrogen and oxygen atoms in total. The number of hydrogen-bond donors (Lipinski definition) is 0. The summed E-state index contributed by atoms with van der Waals surface area (Å²) in [7, 11) is 1.56. The third-order valence-electron chi connectivity index (χ3n) is 3.35. The number of Topliss-reactive ketones (excluding diaryl/α,β-unsaturated/α-hetero) is 1. The Kier molecular flexibility index (Phi) is 4.01. The molecule has 1 aromatic rings. The Hall–Kier alpha value is -1.36. The van der Waals surface area contributed by atoms with Crippen LogP contribution in [0.4, 0.5) is 0 Å². The van der Waals surface area contributed by atoms with Crippen LogP contribution in [0.1, 0.15) is 29.4 Å². The first-order valence-electron chi connectivity index (χ1n) is 6.10. The maximum Gasteiger partial charge on any atom is 0.267 e. The van der Waals surface area contributed by atoms with Gasteiger partial charge in [0.05, 0.1) is 7.11 Å². The minimum atomic E-state index is -0.0206. The molecule has 0 aromatic carbocycles. The molecule has 1 amide bonds. The van der Waals surface area contributed by atoms with E-state index in [1.165, 1.54) is 11.3 Å². The first kappa shape index (κ1) is 13.1. The summed E-state index contributed by atoms with van der Waals surface area (Å²) in [5.41, 5.74) is 0. The van der Waals surface area contributed by atoms with Crippen LogP contribution in [-0.4, -0.2) is 36.8 Å². The summed E-state index contributed by atoms with van der Waals surface area (Å²) in [4.78, 5) is 26.4. The van der Waals surface area contributed by atoms with E-state index in [1.54, 1.807) is 18.1 Å². The first-order valence-corrected chi connectivity index (χ1v) is 6.98. The van der Waals surface area contributed by atoms with Gasteiger partial charge in [0.15, 0.2) is 0 Å². The summed E-state index contributed by atoms with van der Waals surface area (Å²) >= 11 is 1.38. The van der Waals surface area contributed by atoms with E-state index in [2.05, 4.69) is 0 Å². The average Bonchev–Trinajstić information content (AvgIpc) is 2.86. The van der Waals surface area contributed by atoms with Crippen molar-refractivity contribution in [2.45, 2.75) is 19.8 Å². The molecule has 0 saturated carbocycles. The molecule has 1 atom stereocenters. The predicted octanol–water partition coefficient (Wildman–Crippen LogP) is 2.20. The van der Waals surface area contributed by atoms with Gasteiger partial charge in [-0.15, -0.1) is 11.3 Å². The van der Waals surface area contributed by atoms with Gasteiger partial charge in [0.2, 0.25) is 0 Å². The standard InChI is InChI=1S/C13H17NO3S/c1-3-9-8-14(6-4-10(9)15)13(16)12-11(17-2)5-7-18-12/h5,7,9H,3-4,6,8H2,1-2H3. The zero-order valence-electron chi connectivity index (χ0n) is 10.6. The number of carbonyl (C=O) groups is 2. The summed E-state index contributed by atoms with van der Waals surface area (Å²) in [5.74, 6) is 0.871. The van der Waals surface area contributed by atoms with Crippen LogP contribution in [0.25, 0.3) is 0 Å². The lowest BCUT2D eigenvalue weighted by atomic mass is 9.94. The second-order valence-electron chi connectivity index (χ2n) is 4.39. The number of carbonyl (C=O) groups excluding carboxylic acids is 2. The average molecular weight is 267 g/mol. The smallest absolute Gasteiger partial charge is 0.267 e. The number of hydrogen-bond acceptors (Lipinski definition) is 4. The van der Waals surface area contributed by atoms with Crippen LogP contribution in [0.15, 0.2) is 11.4 Å². The van der Waals surface area contributed by atoms with Crippen LogP contribution in [0, 0.1) is 5.92 Å². The van der Waals surface area contributed by atoms with Crippen molar-refractivity contribution in [1.29, 1.82) is 0 Å². The van der Waals surface area contributed by atoms with E-state index in [-0.39, 0.29) is 17.6 Å². The van der Waals surface area contributed by atoms with Crippen LogP contribution in [-0.2, 0) is 4.79 Å². The fraction of sp³-hybridized carbons (Fsp3) is 0.538. The Morgan fingerprint density at radius 3 is 3.06 bits per heavy atom. The number of rotatable bonds is 3.